The second-order valence-electron chi connectivity index (χ2n) is 3.45. The lowest BCUT2D eigenvalue weighted by Gasteiger charge is -2.16. The molecule has 0 aliphatic carbocycles. The molecule has 4 amide bonds. The molecule has 0 radical (unpaired) electrons. The second kappa shape index (κ2) is 4.61. The van der Waals surface area contributed by atoms with Gasteiger partial charge in [-0.15, -0.1) is 0 Å². The fourth-order valence-electron chi connectivity index (χ4n) is 1.53. The minimum atomic E-state index is -0.740. The molecular formula is C9H12N4O3. The minimum absolute atomic E-state index is 0.147. The average molecular weight is 224 g/mol. The largest absolute Gasteiger partial charge is 0.368 e. The van der Waals surface area contributed by atoms with Crippen LogP contribution in [0.25, 0.3) is 0 Å². The van der Waals surface area contributed by atoms with Crippen molar-refractivity contribution in [3.05, 3.63) is 0 Å². The monoisotopic (exact) mass is 224 g/mol. The molecule has 1 saturated heterocycles. The summed E-state index contributed by atoms with van der Waals surface area (Å²) in [6, 6.07) is 0.689. The molecule has 7 heteroatoms. The van der Waals surface area contributed by atoms with Crippen LogP contribution in [0.4, 0.5) is 4.79 Å². The third-order valence-corrected chi connectivity index (χ3v) is 2.35. The van der Waals surface area contributed by atoms with Crippen LogP contribution < -0.4 is 5.73 Å². The number of urea groups is 1. The fraction of sp³-hybridized carbons (Fsp3) is 0.556. The molecule has 0 aromatic rings. The van der Waals surface area contributed by atoms with Crippen LogP contribution in [0.3, 0.4) is 0 Å². The standard InChI is InChI=1S/C9H12N4O3/c1-6-8(15)13(5-7(11)14)9(16)12(6)4-2-3-10/h6H,2,4-5H2,1H3,(H2,11,14). The molecular weight excluding hydrogens is 212 g/mol. The molecule has 1 aliphatic heterocycles. The average Bonchev–Trinajstić information content (AvgIpc) is 2.41. The van der Waals surface area contributed by atoms with Crippen LogP contribution in [0, 0.1) is 11.3 Å². The minimum Gasteiger partial charge on any atom is -0.368 e. The zero-order chi connectivity index (χ0) is 12.3. The Kier molecular flexibility index (Phi) is 3.45. The predicted molar refractivity (Wildman–Crippen MR) is 52.7 cm³/mol. The zero-order valence-electron chi connectivity index (χ0n) is 8.84. The third kappa shape index (κ3) is 2.11. The van der Waals surface area contributed by atoms with Crippen LogP contribution in [0.1, 0.15) is 13.3 Å². The number of amides is 4. The number of nitrogens with zero attached hydrogens (tertiary/aromatic N) is 3. The van der Waals surface area contributed by atoms with Crippen molar-refractivity contribution in [1.29, 1.82) is 5.26 Å². The van der Waals surface area contributed by atoms with E-state index in [1.807, 2.05) is 6.07 Å². The zero-order valence-corrected chi connectivity index (χ0v) is 8.84. The summed E-state index contributed by atoms with van der Waals surface area (Å²) in [6.45, 7) is 1.32. The Morgan fingerprint density at radius 1 is 1.56 bits per heavy atom. The van der Waals surface area contributed by atoms with Crippen molar-refractivity contribution < 1.29 is 14.4 Å². The highest BCUT2D eigenvalue weighted by Gasteiger charge is 2.42. The Hall–Kier alpha value is -2.10. The summed E-state index contributed by atoms with van der Waals surface area (Å²) < 4.78 is 0. The Bertz CT molecular complexity index is 373. The lowest BCUT2D eigenvalue weighted by Crippen LogP contribution is -2.39. The molecule has 0 spiro atoms. The highest BCUT2D eigenvalue weighted by atomic mass is 16.2. The van der Waals surface area contributed by atoms with Gasteiger partial charge in [-0.25, -0.2) is 4.79 Å². The molecule has 0 bridgehead atoms. The summed E-state index contributed by atoms with van der Waals surface area (Å²) in [6.07, 6.45) is 0.147. The Balaban J connectivity index is 2.78. The number of nitrogens with two attached hydrogens (primary N) is 1. The van der Waals surface area contributed by atoms with Gasteiger partial charge in [0.2, 0.25) is 5.91 Å². The van der Waals surface area contributed by atoms with Gasteiger partial charge in [0, 0.05) is 6.54 Å². The first-order chi connectivity index (χ1) is 7.49. The maximum atomic E-state index is 11.7. The summed E-state index contributed by atoms with van der Waals surface area (Å²) in [5.74, 6) is -1.20. The highest BCUT2D eigenvalue weighted by molar-refractivity contribution is 6.06. The molecule has 2 N–H and O–H groups in total. The van der Waals surface area contributed by atoms with Gasteiger partial charge in [0.05, 0.1) is 12.5 Å². The van der Waals surface area contributed by atoms with Crippen LogP contribution >= 0.6 is 0 Å². The Labute approximate surface area is 92.4 Å². The van der Waals surface area contributed by atoms with Gasteiger partial charge in [-0.3, -0.25) is 14.5 Å². The summed E-state index contributed by atoms with van der Waals surface area (Å²) in [5.41, 5.74) is 4.93. The molecule has 1 fully saturated rings. The quantitative estimate of drug-likeness (QED) is 0.620. The number of hydrogen-bond donors (Lipinski definition) is 1. The van der Waals surface area contributed by atoms with Crippen LogP contribution in [0.15, 0.2) is 0 Å². The van der Waals surface area contributed by atoms with Gasteiger partial charge in [0.25, 0.3) is 5.91 Å². The van der Waals surface area contributed by atoms with E-state index in [0.29, 0.717) is 0 Å². The van der Waals surface area contributed by atoms with Crippen LogP contribution in [0.2, 0.25) is 0 Å². The smallest absolute Gasteiger partial charge is 0.327 e. The van der Waals surface area contributed by atoms with Crippen molar-refractivity contribution in [2.45, 2.75) is 19.4 Å². The van der Waals surface area contributed by atoms with Crippen LogP contribution in [-0.4, -0.2) is 46.8 Å². The van der Waals surface area contributed by atoms with Gasteiger partial charge in [-0.05, 0) is 6.92 Å². The normalized spacial score (nSPS) is 20.1. The van der Waals surface area contributed by atoms with Crippen molar-refractivity contribution in [2.24, 2.45) is 5.73 Å². The van der Waals surface area contributed by atoms with Gasteiger partial charge < -0.3 is 10.6 Å². The van der Waals surface area contributed by atoms with Gasteiger partial charge >= 0.3 is 6.03 Å². The first-order valence-corrected chi connectivity index (χ1v) is 4.76. The van der Waals surface area contributed by atoms with E-state index in [1.165, 1.54) is 4.90 Å². The molecule has 1 unspecified atom stereocenters. The SMILES string of the molecule is CC1C(=O)N(CC(N)=O)C(=O)N1CCC#N. The Morgan fingerprint density at radius 2 is 2.19 bits per heavy atom. The summed E-state index contributed by atoms with van der Waals surface area (Å²) in [7, 11) is 0. The third-order valence-electron chi connectivity index (χ3n) is 2.35. The van der Waals surface area contributed by atoms with E-state index in [-0.39, 0.29) is 13.0 Å². The molecule has 7 nitrogen and oxygen atoms in total. The number of carbonyl (C=O) groups excluding carboxylic acids is 3. The lowest BCUT2D eigenvalue weighted by atomic mass is 10.3. The number of imide groups is 1. The van der Waals surface area contributed by atoms with Crippen molar-refractivity contribution in [3.63, 3.8) is 0 Å². The summed E-state index contributed by atoms with van der Waals surface area (Å²) in [4.78, 5) is 36.0. The van der Waals surface area contributed by atoms with Crippen LogP contribution in [0.5, 0.6) is 0 Å². The van der Waals surface area contributed by atoms with Gasteiger partial charge in [0.15, 0.2) is 0 Å². The number of hydrogen-bond acceptors (Lipinski definition) is 4. The lowest BCUT2D eigenvalue weighted by molar-refractivity contribution is -0.131. The molecule has 1 rings (SSSR count). The van der Waals surface area contributed by atoms with E-state index in [0.717, 1.165) is 4.90 Å². The number of primary amides is 1. The maximum absolute atomic E-state index is 11.7. The van der Waals surface area contributed by atoms with Crippen LogP contribution in [-0.2, 0) is 9.59 Å². The maximum Gasteiger partial charge on any atom is 0.327 e. The molecule has 0 aromatic carbocycles. The van der Waals surface area contributed by atoms with E-state index in [4.69, 9.17) is 11.0 Å². The van der Waals surface area contributed by atoms with Crippen molar-refractivity contribution in [1.82, 2.24) is 9.80 Å². The number of nitriles is 1. The van der Waals surface area contributed by atoms with Crippen molar-refractivity contribution >= 4 is 17.8 Å². The molecule has 1 atom stereocenters. The number of rotatable bonds is 4. The first kappa shape index (κ1) is 12.0. The number of carbonyl (C=O) groups is 3. The Morgan fingerprint density at radius 3 is 2.69 bits per heavy atom. The summed E-state index contributed by atoms with van der Waals surface area (Å²) >= 11 is 0. The second-order valence-corrected chi connectivity index (χ2v) is 3.45. The van der Waals surface area contributed by atoms with Crippen molar-refractivity contribution in [3.8, 4) is 6.07 Å². The first-order valence-electron chi connectivity index (χ1n) is 4.76. The van der Waals surface area contributed by atoms with E-state index in [9.17, 15) is 14.4 Å². The fourth-order valence-corrected chi connectivity index (χ4v) is 1.53. The molecule has 16 heavy (non-hydrogen) atoms. The van der Waals surface area contributed by atoms with E-state index in [2.05, 4.69) is 0 Å². The van der Waals surface area contributed by atoms with Gasteiger partial charge in [0.1, 0.15) is 12.6 Å². The molecule has 86 valence electrons. The molecule has 0 aromatic heterocycles. The molecule has 0 saturated carbocycles. The predicted octanol–water partition coefficient (Wildman–Crippen LogP) is -0.962. The topological polar surface area (TPSA) is 108 Å². The van der Waals surface area contributed by atoms with Gasteiger partial charge in [-0.1, -0.05) is 0 Å². The summed E-state index contributed by atoms with van der Waals surface area (Å²) in [5, 5.41) is 8.42. The van der Waals surface area contributed by atoms with E-state index >= 15 is 0 Å². The molecule has 1 aliphatic rings. The highest BCUT2D eigenvalue weighted by Crippen LogP contribution is 2.16. The van der Waals surface area contributed by atoms with Crippen molar-refractivity contribution in [2.75, 3.05) is 13.1 Å². The van der Waals surface area contributed by atoms with Gasteiger partial charge in [-0.2, -0.15) is 5.26 Å². The van der Waals surface area contributed by atoms with E-state index < -0.39 is 30.4 Å². The van der Waals surface area contributed by atoms with E-state index in [1.54, 1.807) is 6.92 Å². The molecule has 1 heterocycles.